The molecule has 6 heteroatoms. The molecule has 0 bridgehead atoms. The third-order valence-electron chi connectivity index (χ3n) is 4.89. The summed E-state index contributed by atoms with van der Waals surface area (Å²) in [4.78, 5) is 16.7. The van der Waals surface area contributed by atoms with Gasteiger partial charge in [0.15, 0.2) is 0 Å². The number of amides is 2. The van der Waals surface area contributed by atoms with E-state index in [0.29, 0.717) is 6.54 Å². The van der Waals surface area contributed by atoms with E-state index in [1.807, 2.05) is 35.7 Å². The van der Waals surface area contributed by atoms with E-state index >= 15 is 0 Å². The van der Waals surface area contributed by atoms with Gasteiger partial charge in [0.1, 0.15) is 5.65 Å². The number of hydrogen-bond acceptors (Lipinski definition) is 3. The zero-order valence-corrected chi connectivity index (χ0v) is 14.2. The molecule has 1 aliphatic carbocycles. The van der Waals surface area contributed by atoms with Gasteiger partial charge in [0.25, 0.3) is 0 Å². The fourth-order valence-corrected chi connectivity index (χ4v) is 3.47. The number of pyridine rings is 1. The Morgan fingerprint density at radius 2 is 2.17 bits per heavy atom. The van der Waals surface area contributed by atoms with Crippen molar-refractivity contribution in [1.29, 1.82) is 0 Å². The van der Waals surface area contributed by atoms with Gasteiger partial charge in [-0.2, -0.15) is 0 Å². The van der Waals surface area contributed by atoms with Crippen LogP contribution in [-0.2, 0) is 6.54 Å². The van der Waals surface area contributed by atoms with Crippen molar-refractivity contribution in [3.05, 3.63) is 35.8 Å². The van der Waals surface area contributed by atoms with Crippen molar-refractivity contribution in [2.75, 3.05) is 6.61 Å². The van der Waals surface area contributed by atoms with Gasteiger partial charge >= 0.3 is 6.03 Å². The average molecular weight is 330 g/mol. The average Bonchev–Trinajstić information content (AvgIpc) is 2.87. The maximum Gasteiger partial charge on any atom is 0.315 e. The van der Waals surface area contributed by atoms with Crippen molar-refractivity contribution in [3.8, 4) is 0 Å². The molecule has 3 rings (SSSR count). The minimum absolute atomic E-state index is 0.0563. The molecule has 24 heavy (non-hydrogen) atoms. The highest BCUT2D eigenvalue weighted by molar-refractivity contribution is 5.74. The summed E-state index contributed by atoms with van der Waals surface area (Å²) in [7, 11) is 0. The number of aryl methyl sites for hydroxylation is 1. The zero-order chi connectivity index (χ0) is 16.9. The number of aromatic nitrogens is 2. The first-order valence-electron chi connectivity index (χ1n) is 8.76. The summed E-state index contributed by atoms with van der Waals surface area (Å²) in [5, 5.41) is 15.4. The summed E-state index contributed by atoms with van der Waals surface area (Å²) in [6.45, 7) is 2.56. The lowest BCUT2D eigenvalue weighted by molar-refractivity contribution is 0.179. The largest absolute Gasteiger partial charge is 0.396 e. The molecule has 1 saturated carbocycles. The SMILES string of the molecule is Cc1cccc2nc(CNC(=O)NC3CCCCCC3CO)cn12. The number of fused-ring (bicyclic) bond motifs is 1. The fourth-order valence-electron chi connectivity index (χ4n) is 3.47. The molecule has 130 valence electrons. The molecular weight excluding hydrogens is 304 g/mol. The van der Waals surface area contributed by atoms with Crippen LogP contribution in [0.1, 0.15) is 43.5 Å². The first-order chi connectivity index (χ1) is 11.7. The molecule has 2 heterocycles. The molecular formula is C18H26N4O2. The summed E-state index contributed by atoms with van der Waals surface area (Å²) in [6.07, 6.45) is 7.28. The topological polar surface area (TPSA) is 78.7 Å². The maximum absolute atomic E-state index is 12.2. The molecule has 2 aromatic heterocycles. The van der Waals surface area contributed by atoms with E-state index in [0.717, 1.165) is 42.7 Å². The van der Waals surface area contributed by atoms with Crippen molar-refractivity contribution in [1.82, 2.24) is 20.0 Å². The smallest absolute Gasteiger partial charge is 0.315 e. The summed E-state index contributed by atoms with van der Waals surface area (Å²) in [6, 6.07) is 5.82. The van der Waals surface area contributed by atoms with E-state index in [1.54, 1.807) is 0 Å². The number of nitrogens with one attached hydrogen (secondary N) is 2. The van der Waals surface area contributed by atoms with Gasteiger partial charge in [-0.1, -0.05) is 25.3 Å². The molecule has 0 saturated heterocycles. The number of carbonyl (C=O) groups excluding carboxylic acids is 1. The monoisotopic (exact) mass is 330 g/mol. The lowest BCUT2D eigenvalue weighted by Gasteiger charge is -2.24. The van der Waals surface area contributed by atoms with E-state index in [1.165, 1.54) is 6.42 Å². The van der Waals surface area contributed by atoms with E-state index in [9.17, 15) is 9.90 Å². The third kappa shape index (κ3) is 3.87. The van der Waals surface area contributed by atoms with Crippen molar-refractivity contribution in [2.24, 2.45) is 5.92 Å². The normalized spacial score (nSPS) is 21.4. The highest BCUT2D eigenvalue weighted by Gasteiger charge is 2.24. The van der Waals surface area contributed by atoms with Crippen LogP contribution in [0.25, 0.3) is 5.65 Å². The zero-order valence-electron chi connectivity index (χ0n) is 14.2. The van der Waals surface area contributed by atoms with Crippen LogP contribution in [0.2, 0.25) is 0 Å². The van der Waals surface area contributed by atoms with Gasteiger partial charge in [0.05, 0.1) is 12.2 Å². The second-order valence-corrected chi connectivity index (χ2v) is 6.64. The second kappa shape index (κ2) is 7.66. The number of aliphatic hydroxyl groups is 1. The van der Waals surface area contributed by atoms with Crippen LogP contribution in [0, 0.1) is 12.8 Å². The van der Waals surface area contributed by atoms with E-state index in [-0.39, 0.29) is 24.6 Å². The summed E-state index contributed by atoms with van der Waals surface area (Å²) < 4.78 is 2.02. The van der Waals surface area contributed by atoms with Gasteiger partial charge in [-0.25, -0.2) is 9.78 Å². The van der Waals surface area contributed by atoms with Crippen molar-refractivity contribution in [3.63, 3.8) is 0 Å². The summed E-state index contributed by atoms with van der Waals surface area (Å²) >= 11 is 0. The minimum atomic E-state index is -0.186. The molecule has 1 aliphatic rings. The summed E-state index contributed by atoms with van der Waals surface area (Å²) in [5.74, 6) is 0.163. The van der Waals surface area contributed by atoms with Gasteiger partial charge < -0.3 is 20.1 Å². The number of hydrogen-bond donors (Lipinski definition) is 3. The van der Waals surface area contributed by atoms with E-state index < -0.39 is 0 Å². The number of rotatable bonds is 4. The molecule has 0 radical (unpaired) electrons. The van der Waals surface area contributed by atoms with E-state index in [4.69, 9.17) is 0 Å². The number of urea groups is 1. The Hall–Kier alpha value is -2.08. The molecule has 2 atom stereocenters. The summed E-state index contributed by atoms with van der Waals surface area (Å²) in [5.41, 5.74) is 2.83. The Balaban J connectivity index is 1.57. The quantitative estimate of drug-likeness (QED) is 0.753. The molecule has 0 spiro atoms. The van der Waals surface area contributed by atoms with Gasteiger partial charge in [-0.3, -0.25) is 0 Å². The Labute approximate surface area is 142 Å². The standard InChI is InChI=1S/C18H26N4O2/c1-13-6-5-9-17-20-15(11-22(13)17)10-19-18(24)21-16-8-4-2-3-7-14(16)12-23/h5-6,9,11,14,16,23H,2-4,7-8,10,12H2,1H3,(H2,19,21,24). The molecule has 0 aliphatic heterocycles. The van der Waals surface area contributed by atoms with Crippen LogP contribution < -0.4 is 10.6 Å². The Morgan fingerprint density at radius 3 is 2.96 bits per heavy atom. The predicted molar refractivity (Wildman–Crippen MR) is 92.7 cm³/mol. The Bertz CT molecular complexity index is 697. The molecule has 6 nitrogen and oxygen atoms in total. The number of nitrogens with zero attached hydrogens (tertiary/aromatic N) is 2. The molecule has 0 aromatic carbocycles. The number of aliphatic hydroxyl groups excluding tert-OH is 1. The highest BCUT2D eigenvalue weighted by atomic mass is 16.3. The lowest BCUT2D eigenvalue weighted by atomic mass is 9.96. The van der Waals surface area contributed by atoms with Crippen LogP contribution in [0.3, 0.4) is 0 Å². The van der Waals surface area contributed by atoms with Crippen LogP contribution in [0.15, 0.2) is 24.4 Å². The number of carbonyl (C=O) groups is 1. The van der Waals surface area contributed by atoms with Crippen molar-refractivity contribution in [2.45, 2.75) is 51.6 Å². The third-order valence-corrected chi connectivity index (χ3v) is 4.89. The van der Waals surface area contributed by atoms with Gasteiger partial charge in [0, 0.05) is 30.5 Å². The number of imidazole rings is 1. The van der Waals surface area contributed by atoms with Crippen molar-refractivity contribution < 1.29 is 9.90 Å². The van der Waals surface area contributed by atoms with Crippen molar-refractivity contribution >= 4 is 11.7 Å². The Kier molecular flexibility index (Phi) is 5.35. The fraction of sp³-hybridized carbons (Fsp3) is 0.556. The molecule has 2 amide bonds. The highest BCUT2D eigenvalue weighted by Crippen LogP contribution is 2.23. The van der Waals surface area contributed by atoms with Gasteiger partial charge in [-0.15, -0.1) is 0 Å². The van der Waals surface area contributed by atoms with Crippen LogP contribution in [0.5, 0.6) is 0 Å². The van der Waals surface area contributed by atoms with E-state index in [2.05, 4.69) is 15.6 Å². The molecule has 2 unspecified atom stereocenters. The molecule has 3 N–H and O–H groups in total. The first kappa shape index (κ1) is 16.8. The van der Waals surface area contributed by atoms with Gasteiger partial charge in [-0.05, 0) is 31.9 Å². The second-order valence-electron chi connectivity index (χ2n) is 6.64. The first-order valence-corrected chi connectivity index (χ1v) is 8.76. The Morgan fingerprint density at radius 1 is 1.33 bits per heavy atom. The van der Waals surface area contributed by atoms with Crippen LogP contribution in [0.4, 0.5) is 4.79 Å². The van der Waals surface area contributed by atoms with Crippen LogP contribution in [-0.4, -0.2) is 33.2 Å². The predicted octanol–water partition coefficient (Wildman–Crippen LogP) is 2.38. The molecule has 2 aromatic rings. The maximum atomic E-state index is 12.2. The lowest BCUT2D eigenvalue weighted by Crippen LogP contribution is -2.45. The van der Waals surface area contributed by atoms with Crippen LogP contribution >= 0.6 is 0 Å². The molecule has 1 fully saturated rings. The van der Waals surface area contributed by atoms with Gasteiger partial charge in [0.2, 0.25) is 0 Å². The minimum Gasteiger partial charge on any atom is -0.396 e.